The molecular weight excluding hydrogens is 624 g/mol. The highest BCUT2D eigenvalue weighted by Gasteiger charge is 2.36. The van der Waals surface area contributed by atoms with Crippen LogP contribution >= 0.6 is 11.6 Å². The lowest BCUT2D eigenvalue weighted by Gasteiger charge is -2.31. The molecule has 6 rings (SSSR count). The van der Waals surface area contributed by atoms with Crippen LogP contribution in [0.25, 0.3) is 21.7 Å². The van der Waals surface area contributed by atoms with Gasteiger partial charge in [0.15, 0.2) is 5.76 Å². The number of alkyl carbamates (subject to hydrolysis) is 1. The van der Waals surface area contributed by atoms with E-state index < -0.39 is 17.8 Å². The van der Waals surface area contributed by atoms with Crippen molar-refractivity contribution in [1.29, 1.82) is 0 Å². The van der Waals surface area contributed by atoms with Crippen molar-refractivity contribution in [1.82, 2.24) is 15.1 Å². The second kappa shape index (κ2) is 13.3. The first-order valence-electron chi connectivity index (χ1n) is 15.7. The molecule has 4 aromatic rings. The first-order valence-corrected chi connectivity index (χ1v) is 16.3. The van der Waals surface area contributed by atoms with Crippen molar-refractivity contribution in [3.63, 3.8) is 0 Å². The number of likely N-dealkylation sites (N-methyl/N-ethyl adjacent to an activating group) is 1. The Labute approximate surface area is 278 Å². The molecule has 1 atom stereocenters. The van der Waals surface area contributed by atoms with E-state index in [1.54, 1.807) is 60.9 Å². The summed E-state index contributed by atoms with van der Waals surface area (Å²) in [6.07, 6.45) is -0.924. The summed E-state index contributed by atoms with van der Waals surface area (Å²) in [5, 5.41) is 5.03. The van der Waals surface area contributed by atoms with Crippen LogP contribution in [0, 0.1) is 0 Å². The lowest BCUT2D eigenvalue weighted by Crippen LogP contribution is -2.48. The van der Waals surface area contributed by atoms with E-state index in [-0.39, 0.29) is 30.7 Å². The summed E-state index contributed by atoms with van der Waals surface area (Å²) >= 11 is 6.47. The number of ether oxygens (including phenoxy) is 3. The minimum Gasteiger partial charge on any atom is -0.492 e. The van der Waals surface area contributed by atoms with Gasteiger partial charge in [0.1, 0.15) is 29.3 Å². The minimum atomic E-state index is -0.581. The van der Waals surface area contributed by atoms with Crippen molar-refractivity contribution in [2.24, 2.45) is 0 Å². The van der Waals surface area contributed by atoms with Gasteiger partial charge in [-0.25, -0.2) is 9.59 Å². The average molecular weight is 663 g/mol. The molecule has 1 fully saturated rings. The fraction of sp³-hybridized carbons (Fsp3) is 0.400. The van der Waals surface area contributed by atoms with Crippen molar-refractivity contribution < 1.29 is 33.0 Å². The van der Waals surface area contributed by atoms with Gasteiger partial charge in [-0.05, 0) is 63.0 Å². The maximum absolute atomic E-state index is 14.0. The Bertz CT molecular complexity index is 1810. The number of nitrogens with zero attached hydrogens (tertiary/aromatic N) is 3. The van der Waals surface area contributed by atoms with Crippen LogP contribution in [0.15, 0.2) is 59.0 Å². The number of furan rings is 1. The van der Waals surface area contributed by atoms with Crippen LogP contribution in [0.5, 0.6) is 11.5 Å². The molecule has 0 aliphatic carbocycles. The van der Waals surface area contributed by atoms with Crippen LogP contribution < -0.4 is 19.7 Å². The van der Waals surface area contributed by atoms with Crippen LogP contribution in [-0.4, -0.2) is 92.3 Å². The largest absolute Gasteiger partial charge is 0.492 e. The molecule has 1 aromatic heterocycles. The van der Waals surface area contributed by atoms with E-state index >= 15 is 0 Å². The summed E-state index contributed by atoms with van der Waals surface area (Å²) in [7, 11) is 2.03. The molecular formula is C35H39ClN4O7. The number of anilines is 1. The van der Waals surface area contributed by atoms with Gasteiger partial charge in [0.05, 0.1) is 12.2 Å². The molecule has 1 saturated heterocycles. The number of piperazine rings is 1. The highest BCUT2D eigenvalue weighted by atomic mass is 35.5. The predicted molar refractivity (Wildman–Crippen MR) is 180 cm³/mol. The van der Waals surface area contributed by atoms with Gasteiger partial charge in [-0.1, -0.05) is 24.3 Å². The van der Waals surface area contributed by atoms with Gasteiger partial charge < -0.3 is 38.6 Å². The number of amides is 3. The Balaban J connectivity index is 1.22. The van der Waals surface area contributed by atoms with Gasteiger partial charge in [0, 0.05) is 61.4 Å². The molecule has 3 heterocycles. The topological polar surface area (TPSA) is 114 Å². The number of halogens is 1. The molecule has 3 amide bonds. The van der Waals surface area contributed by atoms with Gasteiger partial charge in [-0.15, -0.1) is 11.6 Å². The highest BCUT2D eigenvalue weighted by Crippen LogP contribution is 2.46. The number of alkyl halides is 1. The molecule has 248 valence electrons. The van der Waals surface area contributed by atoms with E-state index in [0.29, 0.717) is 53.7 Å². The Morgan fingerprint density at radius 3 is 2.47 bits per heavy atom. The molecule has 11 nitrogen and oxygen atoms in total. The minimum absolute atomic E-state index is 0.124. The third-order valence-electron chi connectivity index (χ3n) is 8.26. The molecule has 3 aromatic carbocycles. The zero-order valence-electron chi connectivity index (χ0n) is 27.0. The van der Waals surface area contributed by atoms with Crippen molar-refractivity contribution >= 4 is 57.1 Å². The lowest BCUT2D eigenvalue weighted by atomic mass is 9.95. The van der Waals surface area contributed by atoms with Crippen molar-refractivity contribution in [2.75, 3.05) is 63.7 Å². The molecule has 2 aliphatic rings. The van der Waals surface area contributed by atoms with Gasteiger partial charge >= 0.3 is 12.2 Å². The highest BCUT2D eigenvalue weighted by molar-refractivity contribution is 6.19. The molecule has 47 heavy (non-hydrogen) atoms. The number of hydrogen-bond acceptors (Lipinski definition) is 8. The molecule has 0 bridgehead atoms. The fourth-order valence-corrected chi connectivity index (χ4v) is 6.20. The van der Waals surface area contributed by atoms with Crippen molar-refractivity contribution in [3.05, 3.63) is 65.9 Å². The number of benzene rings is 3. The van der Waals surface area contributed by atoms with Gasteiger partial charge in [-0.3, -0.25) is 4.79 Å². The number of carbonyl (C=O) groups excluding carboxylic acids is 3. The zero-order chi connectivity index (χ0) is 33.3. The van der Waals surface area contributed by atoms with Crippen LogP contribution in [0.3, 0.4) is 0 Å². The van der Waals surface area contributed by atoms with Crippen molar-refractivity contribution in [3.8, 4) is 11.5 Å². The number of hydrogen-bond donors (Lipinski definition) is 1. The predicted octanol–water partition coefficient (Wildman–Crippen LogP) is 6.22. The number of nitrogens with one attached hydrogen (secondary N) is 1. The smallest absolute Gasteiger partial charge is 0.415 e. The van der Waals surface area contributed by atoms with E-state index in [1.807, 2.05) is 31.3 Å². The first kappa shape index (κ1) is 32.5. The monoisotopic (exact) mass is 662 g/mol. The maximum Gasteiger partial charge on any atom is 0.415 e. The molecule has 0 saturated carbocycles. The average Bonchev–Trinajstić information content (AvgIpc) is 3.64. The summed E-state index contributed by atoms with van der Waals surface area (Å²) in [6, 6.07) is 16.5. The Hall–Kier alpha value is -4.48. The third kappa shape index (κ3) is 7.11. The van der Waals surface area contributed by atoms with E-state index in [1.165, 1.54) is 0 Å². The van der Waals surface area contributed by atoms with E-state index in [0.717, 1.165) is 29.4 Å². The molecule has 1 unspecified atom stereocenters. The van der Waals surface area contributed by atoms with Crippen LogP contribution in [0.1, 0.15) is 42.8 Å². The SMILES string of the molecule is CN1CCN(C(=O)Oc2cc3c(c4ccccc24)C(CCl)CN3C(=O)c2cc3cc(OCCNC(=O)OC(C)(C)C)ccc3o2)CC1. The van der Waals surface area contributed by atoms with Gasteiger partial charge in [0.2, 0.25) is 0 Å². The summed E-state index contributed by atoms with van der Waals surface area (Å²) < 4.78 is 23.0. The Morgan fingerprint density at radius 1 is 1.00 bits per heavy atom. The molecule has 2 aliphatic heterocycles. The number of fused-ring (bicyclic) bond motifs is 4. The second-order valence-corrected chi connectivity index (χ2v) is 13.2. The fourth-order valence-electron chi connectivity index (χ4n) is 5.95. The second-order valence-electron chi connectivity index (χ2n) is 12.9. The lowest BCUT2D eigenvalue weighted by molar-refractivity contribution is 0.0520. The summed E-state index contributed by atoms with van der Waals surface area (Å²) in [6.45, 7) is 8.96. The van der Waals surface area contributed by atoms with Crippen LogP contribution in [-0.2, 0) is 4.74 Å². The Kier molecular flexibility index (Phi) is 9.20. The third-order valence-corrected chi connectivity index (χ3v) is 8.63. The normalized spacial score (nSPS) is 16.7. The maximum atomic E-state index is 14.0. The summed E-state index contributed by atoms with van der Waals surface area (Å²) in [4.78, 5) is 44.6. The van der Waals surface area contributed by atoms with Gasteiger partial charge in [0.25, 0.3) is 5.91 Å². The summed E-state index contributed by atoms with van der Waals surface area (Å²) in [5.41, 5.74) is 1.53. The standard InChI is InChI=1S/C35H39ClN4O7/c1-35(2,3)47-33(42)37-11-16-44-24-9-10-28-22(17-24)18-30(45-28)32(41)40-21-23(20-36)31-26-8-6-5-7-25(26)29(19-27(31)40)46-34(43)39-14-12-38(4)13-15-39/h5-10,17-19,23H,11-16,20-21H2,1-4H3,(H,37,42). The molecule has 0 radical (unpaired) electrons. The van der Waals surface area contributed by atoms with Crippen LogP contribution in [0.4, 0.5) is 15.3 Å². The molecule has 1 N–H and O–H groups in total. The quantitative estimate of drug-likeness (QED) is 0.183. The van der Waals surface area contributed by atoms with E-state index in [9.17, 15) is 14.4 Å². The molecule has 12 heteroatoms. The van der Waals surface area contributed by atoms with E-state index in [2.05, 4.69) is 10.2 Å². The first-order chi connectivity index (χ1) is 22.5. The van der Waals surface area contributed by atoms with Crippen molar-refractivity contribution in [2.45, 2.75) is 32.3 Å². The van der Waals surface area contributed by atoms with E-state index in [4.69, 9.17) is 30.2 Å². The summed E-state index contributed by atoms with van der Waals surface area (Å²) in [5.74, 6) is 0.977. The number of carbonyl (C=O) groups is 3. The Morgan fingerprint density at radius 2 is 1.74 bits per heavy atom. The molecule has 0 spiro atoms. The zero-order valence-corrected chi connectivity index (χ0v) is 27.8. The van der Waals surface area contributed by atoms with Crippen LogP contribution in [0.2, 0.25) is 0 Å². The number of rotatable bonds is 7. The van der Waals surface area contributed by atoms with Gasteiger partial charge in [-0.2, -0.15) is 0 Å².